The van der Waals surface area contributed by atoms with Gasteiger partial charge in [0.15, 0.2) is 0 Å². The Labute approximate surface area is 116 Å². The molecule has 0 atom stereocenters. The van der Waals surface area contributed by atoms with E-state index in [9.17, 15) is 4.79 Å². The van der Waals surface area contributed by atoms with Gasteiger partial charge in [-0.05, 0) is 56.5 Å². The minimum atomic E-state index is 0.123. The minimum Gasteiger partial charge on any atom is -0.326 e. The normalized spacial score (nSPS) is 16.6. The number of anilines is 1. The van der Waals surface area contributed by atoms with E-state index in [-0.39, 0.29) is 5.91 Å². The maximum Gasteiger partial charge on any atom is 0.224 e. The molecule has 4 heteroatoms. The molecule has 1 saturated heterocycles. The highest BCUT2D eigenvalue weighted by Gasteiger charge is 2.16. The lowest BCUT2D eigenvalue weighted by Crippen LogP contribution is -2.30. The summed E-state index contributed by atoms with van der Waals surface area (Å²) in [5.74, 6) is 0.651. The number of hydrogen-bond donors (Lipinski definition) is 2. The van der Waals surface area contributed by atoms with Crippen LogP contribution in [-0.4, -0.2) is 19.0 Å². The van der Waals surface area contributed by atoms with E-state index < -0.39 is 0 Å². The highest BCUT2D eigenvalue weighted by molar-refractivity contribution is 9.10. The number of rotatable bonds is 3. The molecule has 1 aliphatic heterocycles. The van der Waals surface area contributed by atoms with Crippen LogP contribution in [0.15, 0.2) is 22.7 Å². The minimum absolute atomic E-state index is 0.123. The van der Waals surface area contributed by atoms with Crippen LogP contribution in [0, 0.1) is 12.8 Å². The van der Waals surface area contributed by atoms with Gasteiger partial charge in [0, 0.05) is 16.6 Å². The Morgan fingerprint density at radius 2 is 2.17 bits per heavy atom. The molecule has 1 aromatic carbocycles. The molecule has 1 heterocycles. The van der Waals surface area contributed by atoms with Crippen molar-refractivity contribution in [1.82, 2.24) is 5.32 Å². The van der Waals surface area contributed by atoms with Gasteiger partial charge in [-0.15, -0.1) is 0 Å². The summed E-state index contributed by atoms with van der Waals surface area (Å²) < 4.78 is 1.03. The second kappa shape index (κ2) is 6.34. The maximum absolute atomic E-state index is 11.9. The summed E-state index contributed by atoms with van der Waals surface area (Å²) in [6, 6.07) is 5.90. The van der Waals surface area contributed by atoms with Crippen molar-refractivity contribution in [2.75, 3.05) is 18.4 Å². The summed E-state index contributed by atoms with van der Waals surface area (Å²) in [4.78, 5) is 11.9. The van der Waals surface area contributed by atoms with E-state index in [1.807, 2.05) is 25.1 Å². The van der Waals surface area contributed by atoms with Gasteiger partial charge in [0.05, 0.1) is 0 Å². The first-order chi connectivity index (χ1) is 8.65. The van der Waals surface area contributed by atoms with Crippen LogP contribution in [-0.2, 0) is 4.79 Å². The number of carbonyl (C=O) groups excluding carboxylic acids is 1. The summed E-state index contributed by atoms with van der Waals surface area (Å²) in [6.45, 7) is 4.10. The average molecular weight is 311 g/mol. The number of amides is 1. The maximum atomic E-state index is 11.9. The Morgan fingerprint density at radius 1 is 1.44 bits per heavy atom. The number of carbonyl (C=O) groups is 1. The lowest BCUT2D eigenvalue weighted by atomic mass is 9.94. The first kappa shape index (κ1) is 13.6. The zero-order valence-corrected chi connectivity index (χ0v) is 12.2. The summed E-state index contributed by atoms with van der Waals surface area (Å²) >= 11 is 3.47. The van der Waals surface area contributed by atoms with Crippen LogP contribution in [0.2, 0.25) is 0 Å². The van der Waals surface area contributed by atoms with E-state index in [4.69, 9.17) is 0 Å². The van der Waals surface area contributed by atoms with Crippen LogP contribution in [0.5, 0.6) is 0 Å². The van der Waals surface area contributed by atoms with Crippen LogP contribution in [0.25, 0.3) is 0 Å². The van der Waals surface area contributed by atoms with E-state index in [2.05, 4.69) is 26.6 Å². The van der Waals surface area contributed by atoms with E-state index in [0.717, 1.165) is 36.1 Å². The smallest absolute Gasteiger partial charge is 0.224 e. The van der Waals surface area contributed by atoms with Gasteiger partial charge in [-0.1, -0.05) is 22.0 Å². The van der Waals surface area contributed by atoms with E-state index in [1.54, 1.807) is 0 Å². The van der Waals surface area contributed by atoms with Gasteiger partial charge in [-0.25, -0.2) is 0 Å². The molecule has 1 aromatic rings. The zero-order chi connectivity index (χ0) is 13.0. The summed E-state index contributed by atoms with van der Waals surface area (Å²) in [5.41, 5.74) is 2.04. The van der Waals surface area contributed by atoms with Crippen LogP contribution < -0.4 is 10.6 Å². The number of nitrogens with one attached hydrogen (secondary N) is 2. The van der Waals surface area contributed by atoms with Crippen molar-refractivity contribution in [3.63, 3.8) is 0 Å². The molecular formula is C14H19BrN2O. The monoisotopic (exact) mass is 310 g/mol. The van der Waals surface area contributed by atoms with Gasteiger partial charge in [0.2, 0.25) is 5.91 Å². The SMILES string of the molecule is Cc1ccc(NC(=O)CC2CCNCC2)cc1Br. The number of halogens is 1. The highest BCUT2D eigenvalue weighted by atomic mass is 79.9. The van der Waals surface area contributed by atoms with Crippen molar-refractivity contribution in [3.05, 3.63) is 28.2 Å². The third-order valence-electron chi connectivity index (χ3n) is 3.39. The molecule has 1 aliphatic rings. The van der Waals surface area contributed by atoms with Gasteiger partial charge in [-0.3, -0.25) is 4.79 Å². The molecule has 0 aromatic heterocycles. The Balaban J connectivity index is 1.88. The van der Waals surface area contributed by atoms with Crippen molar-refractivity contribution in [2.45, 2.75) is 26.2 Å². The topological polar surface area (TPSA) is 41.1 Å². The van der Waals surface area contributed by atoms with Gasteiger partial charge < -0.3 is 10.6 Å². The fraction of sp³-hybridized carbons (Fsp3) is 0.500. The lowest BCUT2D eigenvalue weighted by molar-refractivity contribution is -0.117. The molecule has 1 amide bonds. The molecule has 0 aliphatic carbocycles. The number of hydrogen-bond acceptors (Lipinski definition) is 2. The average Bonchev–Trinajstić information content (AvgIpc) is 2.35. The van der Waals surface area contributed by atoms with E-state index in [1.165, 1.54) is 5.56 Å². The Kier molecular flexibility index (Phi) is 4.78. The molecule has 3 nitrogen and oxygen atoms in total. The fourth-order valence-electron chi connectivity index (χ4n) is 2.23. The molecule has 98 valence electrons. The second-order valence-electron chi connectivity index (χ2n) is 4.91. The molecule has 0 unspecified atom stereocenters. The van der Waals surface area contributed by atoms with Gasteiger partial charge in [-0.2, -0.15) is 0 Å². The molecule has 2 N–H and O–H groups in total. The molecule has 0 saturated carbocycles. The molecule has 0 bridgehead atoms. The summed E-state index contributed by atoms with van der Waals surface area (Å²) in [7, 11) is 0. The standard InChI is InChI=1S/C14H19BrN2O/c1-10-2-3-12(9-13(10)15)17-14(18)8-11-4-6-16-7-5-11/h2-3,9,11,16H,4-8H2,1H3,(H,17,18). The van der Waals surface area contributed by atoms with E-state index in [0.29, 0.717) is 12.3 Å². The van der Waals surface area contributed by atoms with Crippen molar-refractivity contribution in [1.29, 1.82) is 0 Å². The van der Waals surface area contributed by atoms with Crippen molar-refractivity contribution in [3.8, 4) is 0 Å². The van der Waals surface area contributed by atoms with Gasteiger partial charge in [0.1, 0.15) is 0 Å². The second-order valence-corrected chi connectivity index (χ2v) is 5.76. The van der Waals surface area contributed by atoms with E-state index >= 15 is 0 Å². The fourth-order valence-corrected chi connectivity index (χ4v) is 2.61. The predicted octanol–water partition coefficient (Wildman–Crippen LogP) is 3.09. The van der Waals surface area contributed by atoms with Gasteiger partial charge in [0.25, 0.3) is 0 Å². The highest BCUT2D eigenvalue weighted by Crippen LogP contribution is 2.22. The third-order valence-corrected chi connectivity index (χ3v) is 4.24. The Morgan fingerprint density at radius 3 is 2.83 bits per heavy atom. The molecule has 0 spiro atoms. The van der Waals surface area contributed by atoms with Crippen LogP contribution in [0.3, 0.4) is 0 Å². The Hall–Kier alpha value is -0.870. The molecule has 0 radical (unpaired) electrons. The lowest BCUT2D eigenvalue weighted by Gasteiger charge is -2.21. The number of aryl methyl sites for hydroxylation is 1. The van der Waals surface area contributed by atoms with Gasteiger partial charge >= 0.3 is 0 Å². The Bertz CT molecular complexity index is 428. The van der Waals surface area contributed by atoms with Crippen LogP contribution >= 0.6 is 15.9 Å². The number of piperidine rings is 1. The zero-order valence-electron chi connectivity index (χ0n) is 10.6. The molecular weight excluding hydrogens is 292 g/mol. The quantitative estimate of drug-likeness (QED) is 0.901. The predicted molar refractivity (Wildman–Crippen MR) is 77.7 cm³/mol. The molecule has 18 heavy (non-hydrogen) atoms. The van der Waals surface area contributed by atoms with Crippen molar-refractivity contribution < 1.29 is 4.79 Å². The third kappa shape index (κ3) is 3.82. The van der Waals surface area contributed by atoms with Crippen molar-refractivity contribution >= 4 is 27.5 Å². The largest absolute Gasteiger partial charge is 0.326 e. The van der Waals surface area contributed by atoms with Crippen molar-refractivity contribution in [2.24, 2.45) is 5.92 Å². The molecule has 2 rings (SSSR count). The van der Waals surface area contributed by atoms with Crippen LogP contribution in [0.4, 0.5) is 5.69 Å². The first-order valence-electron chi connectivity index (χ1n) is 6.42. The summed E-state index contributed by atoms with van der Waals surface area (Å²) in [5, 5.41) is 6.28. The molecule has 1 fully saturated rings. The number of benzene rings is 1. The van der Waals surface area contributed by atoms with Crippen LogP contribution in [0.1, 0.15) is 24.8 Å². The summed E-state index contributed by atoms with van der Waals surface area (Å²) in [6.07, 6.45) is 2.84. The first-order valence-corrected chi connectivity index (χ1v) is 7.21.